The van der Waals surface area contributed by atoms with Gasteiger partial charge in [-0.15, -0.1) is 11.3 Å². The second-order valence-electron chi connectivity index (χ2n) is 6.87. The number of hydrogen-bond acceptors (Lipinski definition) is 4. The average molecular weight is 407 g/mol. The van der Waals surface area contributed by atoms with Gasteiger partial charge in [-0.3, -0.25) is 0 Å². The summed E-state index contributed by atoms with van der Waals surface area (Å²) in [5.74, 6) is 0. The van der Waals surface area contributed by atoms with E-state index in [0.29, 0.717) is 11.4 Å². The molecule has 0 amide bonds. The predicted octanol–water partition coefficient (Wildman–Crippen LogP) is 4.67. The van der Waals surface area contributed by atoms with Crippen molar-refractivity contribution in [3.05, 3.63) is 69.6 Å². The maximum atomic E-state index is 13.9. The molecule has 1 aromatic heterocycles. The van der Waals surface area contributed by atoms with Gasteiger partial charge in [0.15, 0.2) is 6.17 Å². The van der Waals surface area contributed by atoms with Crippen molar-refractivity contribution in [1.82, 2.24) is 0 Å². The van der Waals surface area contributed by atoms with Crippen molar-refractivity contribution in [1.29, 1.82) is 0 Å². The van der Waals surface area contributed by atoms with Gasteiger partial charge in [0.05, 0.1) is 18.8 Å². The zero-order chi connectivity index (χ0) is 19.0. The molecule has 4 rings (SSSR count). The van der Waals surface area contributed by atoms with Crippen LogP contribution in [0.2, 0.25) is 5.02 Å². The van der Waals surface area contributed by atoms with Gasteiger partial charge >= 0.3 is 0 Å². The molecule has 3 nitrogen and oxygen atoms in total. The number of hydrogen-bond donors (Lipinski definition) is 2. The third-order valence-electron chi connectivity index (χ3n) is 4.98. The van der Waals surface area contributed by atoms with Crippen molar-refractivity contribution in [2.24, 2.45) is 0 Å². The molecule has 4 atom stereocenters. The van der Waals surface area contributed by atoms with Gasteiger partial charge in [-0.1, -0.05) is 41.9 Å². The highest BCUT2D eigenvalue weighted by Crippen LogP contribution is 2.36. The molecule has 0 saturated carbocycles. The topological polar surface area (TPSA) is 49.7 Å². The lowest BCUT2D eigenvalue weighted by Crippen LogP contribution is -2.44. The third kappa shape index (κ3) is 3.89. The largest absolute Gasteiger partial charge is 0.394 e. The fraction of sp³-hybridized carbons (Fsp3) is 0.333. The number of halogens is 2. The molecule has 0 radical (unpaired) electrons. The minimum Gasteiger partial charge on any atom is -0.394 e. The summed E-state index contributed by atoms with van der Waals surface area (Å²) in [6.45, 7) is -0.461. The Morgan fingerprint density at radius 3 is 2.78 bits per heavy atom. The molecule has 1 aliphatic heterocycles. The van der Waals surface area contributed by atoms with Crippen LogP contribution in [0.3, 0.4) is 0 Å². The maximum Gasteiger partial charge on any atom is 0.154 e. The van der Waals surface area contributed by atoms with Crippen LogP contribution in [-0.2, 0) is 11.2 Å². The van der Waals surface area contributed by atoms with E-state index in [-0.39, 0.29) is 6.42 Å². The molecule has 6 heteroatoms. The monoisotopic (exact) mass is 406 g/mol. The van der Waals surface area contributed by atoms with Crippen LogP contribution in [-0.4, -0.2) is 35.2 Å². The van der Waals surface area contributed by atoms with Crippen LogP contribution in [0.4, 0.5) is 4.39 Å². The van der Waals surface area contributed by atoms with Crippen LogP contribution < -0.4 is 0 Å². The second kappa shape index (κ2) is 7.86. The molecule has 1 saturated heterocycles. The Morgan fingerprint density at radius 2 is 2.00 bits per heavy atom. The van der Waals surface area contributed by atoms with E-state index in [9.17, 15) is 14.6 Å². The number of benzene rings is 2. The Morgan fingerprint density at radius 1 is 1.19 bits per heavy atom. The molecule has 2 aromatic carbocycles. The molecule has 0 aliphatic carbocycles. The molecular weight excluding hydrogens is 387 g/mol. The first-order valence-corrected chi connectivity index (χ1v) is 10.1. The first-order valence-electron chi connectivity index (χ1n) is 8.89. The Hall–Kier alpha value is -1.50. The van der Waals surface area contributed by atoms with Crippen molar-refractivity contribution < 1.29 is 19.3 Å². The lowest BCUT2D eigenvalue weighted by molar-refractivity contribution is -0.158. The van der Waals surface area contributed by atoms with Crippen molar-refractivity contribution in [2.45, 2.75) is 37.3 Å². The summed E-state index contributed by atoms with van der Waals surface area (Å²) in [6, 6.07) is 16.0. The minimum absolute atomic E-state index is 0.154. The van der Waals surface area contributed by atoms with E-state index in [1.807, 2.05) is 30.3 Å². The molecule has 0 bridgehead atoms. The summed E-state index contributed by atoms with van der Waals surface area (Å²) in [6.07, 6.45) is -3.36. The number of fused-ring (bicyclic) bond motifs is 1. The van der Waals surface area contributed by atoms with E-state index < -0.39 is 31.1 Å². The second-order valence-corrected chi connectivity index (χ2v) is 8.45. The number of aliphatic hydroxyl groups is 2. The first kappa shape index (κ1) is 18.8. The standard InChI is InChI=1S/C21H20ClFO3S/c22-16-6-5-12(18-10-17(25)21(23)19(11-24)26-18)7-14(16)9-15-8-13-3-1-2-4-20(13)27-15/h1-8,17-19,21,24-25H,9-11H2/t17-,18?,19-,21?/m1/s1. The van der Waals surface area contributed by atoms with E-state index >= 15 is 0 Å². The van der Waals surface area contributed by atoms with Crippen LogP contribution in [0, 0.1) is 0 Å². The third-order valence-corrected chi connectivity index (χ3v) is 6.46. The maximum absolute atomic E-state index is 13.9. The fourth-order valence-electron chi connectivity index (χ4n) is 3.54. The zero-order valence-corrected chi connectivity index (χ0v) is 16.1. The molecule has 2 heterocycles. The SMILES string of the molecule is OC[C@H]1OC(c2ccc(Cl)c(Cc3cc4ccccc4s3)c2)C[C@@H](O)C1F. The smallest absolute Gasteiger partial charge is 0.154 e. The van der Waals surface area contributed by atoms with E-state index in [1.54, 1.807) is 11.3 Å². The van der Waals surface area contributed by atoms with Gasteiger partial charge in [0, 0.05) is 27.4 Å². The van der Waals surface area contributed by atoms with Gasteiger partial charge in [-0.25, -0.2) is 4.39 Å². The van der Waals surface area contributed by atoms with E-state index in [1.165, 1.54) is 15.0 Å². The number of ether oxygens (including phenoxy) is 1. The molecule has 142 valence electrons. The van der Waals surface area contributed by atoms with Gasteiger partial charge in [0.2, 0.25) is 0 Å². The Balaban J connectivity index is 1.59. The Labute approximate surface area is 166 Å². The normalized spacial score (nSPS) is 25.8. The van der Waals surface area contributed by atoms with Crippen molar-refractivity contribution in [3.8, 4) is 0 Å². The molecule has 3 aromatic rings. The number of thiophene rings is 1. The van der Waals surface area contributed by atoms with Gasteiger partial charge < -0.3 is 14.9 Å². The molecule has 1 aliphatic rings. The summed E-state index contributed by atoms with van der Waals surface area (Å²) >= 11 is 8.14. The number of alkyl halides is 1. The van der Waals surface area contributed by atoms with Crippen LogP contribution >= 0.6 is 22.9 Å². The Bertz CT molecular complexity index is 911. The highest BCUT2D eigenvalue weighted by atomic mass is 35.5. The van der Waals surface area contributed by atoms with Crippen LogP contribution in [0.15, 0.2) is 48.5 Å². The highest BCUT2D eigenvalue weighted by molar-refractivity contribution is 7.19. The summed E-state index contributed by atoms with van der Waals surface area (Å²) in [5.41, 5.74) is 1.79. The summed E-state index contributed by atoms with van der Waals surface area (Å²) in [4.78, 5) is 1.21. The van der Waals surface area contributed by atoms with E-state index in [4.69, 9.17) is 16.3 Å². The lowest BCUT2D eigenvalue weighted by atomic mass is 9.93. The van der Waals surface area contributed by atoms with Crippen LogP contribution in [0.25, 0.3) is 10.1 Å². The van der Waals surface area contributed by atoms with Crippen molar-refractivity contribution in [3.63, 3.8) is 0 Å². The van der Waals surface area contributed by atoms with Crippen molar-refractivity contribution in [2.75, 3.05) is 6.61 Å². The van der Waals surface area contributed by atoms with Gasteiger partial charge in [0.1, 0.15) is 6.10 Å². The lowest BCUT2D eigenvalue weighted by Gasteiger charge is -2.35. The zero-order valence-electron chi connectivity index (χ0n) is 14.5. The van der Waals surface area contributed by atoms with Gasteiger partial charge in [-0.05, 0) is 34.7 Å². The first-order chi connectivity index (χ1) is 13.0. The summed E-state index contributed by atoms with van der Waals surface area (Å²) in [5, 5.41) is 21.1. The summed E-state index contributed by atoms with van der Waals surface area (Å²) in [7, 11) is 0. The molecule has 2 unspecified atom stereocenters. The minimum atomic E-state index is -1.57. The number of aliphatic hydroxyl groups excluding tert-OH is 2. The average Bonchev–Trinajstić information content (AvgIpc) is 3.08. The molecule has 0 spiro atoms. The van der Waals surface area contributed by atoms with Gasteiger partial charge in [0.25, 0.3) is 0 Å². The van der Waals surface area contributed by atoms with Crippen LogP contribution in [0.5, 0.6) is 0 Å². The van der Waals surface area contributed by atoms with E-state index in [0.717, 1.165) is 11.1 Å². The molecule has 1 fully saturated rings. The Kier molecular flexibility index (Phi) is 5.48. The fourth-order valence-corrected chi connectivity index (χ4v) is 4.81. The quantitative estimate of drug-likeness (QED) is 0.662. The summed E-state index contributed by atoms with van der Waals surface area (Å²) < 4.78 is 20.8. The van der Waals surface area contributed by atoms with E-state index in [2.05, 4.69) is 18.2 Å². The van der Waals surface area contributed by atoms with Crippen LogP contribution in [0.1, 0.15) is 28.5 Å². The number of rotatable bonds is 4. The van der Waals surface area contributed by atoms with Gasteiger partial charge in [-0.2, -0.15) is 0 Å². The molecule has 2 N–H and O–H groups in total. The molecular formula is C21H20ClFO3S. The van der Waals surface area contributed by atoms with Crippen molar-refractivity contribution >= 4 is 33.0 Å². The highest BCUT2D eigenvalue weighted by Gasteiger charge is 2.38. The predicted molar refractivity (Wildman–Crippen MR) is 106 cm³/mol. The molecule has 27 heavy (non-hydrogen) atoms.